The summed E-state index contributed by atoms with van der Waals surface area (Å²) < 4.78 is 6.02. The van der Waals surface area contributed by atoms with Gasteiger partial charge in [-0.2, -0.15) is 5.10 Å². The van der Waals surface area contributed by atoms with E-state index in [0.717, 1.165) is 23.2 Å². The normalized spacial score (nSPS) is 16.3. The summed E-state index contributed by atoms with van der Waals surface area (Å²) in [6, 6.07) is 17.0. The number of hydrogen-bond acceptors (Lipinski definition) is 4. The zero-order valence-electron chi connectivity index (χ0n) is 14.9. The van der Waals surface area contributed by atoms with Crippen molar-refractivity contribution < 1.29 is 9.21 Å². The zero-order chi connectivity index (χ0) is 19.7. The molecule has 0 bridgehead atoms. The molecule has 142 valence electrons. The number of thioether (sulfide) groups is 1. The SMILES string of the molecule is CSc1ccc(C2=NN(C=O)C(c3ccc(-c4ccc(Cl)c(Cl)c4)o3)C2)cc1. The van der Waals surface area contributed by atoms with E-state index in [-0.39, 0.29) is 6.04 Å². The largest absolute Gasteiger partial charge is 0.459 e. The van der Waals surface area contributed by atoms with Crippen molar-refractivity contribution in [2.45, 2.75) is 17.4 Å². The van der Waals surface area contributed by atoms with Crippen LogP contribution in [0.2, 0.25) is 10.0 Å². The molecule has 1 unspecified atom stereocenters. The first-order chi connectivity index (χ1) is 13.6. The Morgan fingerprint density at radius 3 is 2.50 bits per heavy atom. The Hall–Kier alpha value is -2.21. The molecular formula is C21H16Cl2N2O2S. The fourth-order valence-electron chi connectivity index (χ4n) is 3.15. The molecule has 0 N–H and O–H groups in total. The van der Waals surface area contributed by atoms with E-state index in [1.54, 1.807) is 23.9 Å². The average molecular weight is 431 g/mol. The summed E-state index contributed by atoms with van der Waals surface area (Å²) in [5.41, 5.74) is 2.69. The average Bonchev–Trinajstić information content (AvgIpc) is 3.37. The van der Waals surface area contributed by atoms with E-state index in [2.05, 4.69) is 17.2 Å². The van der Waals surface area contributed by atoms with Crippen LogP contribution >= 0.6 is 35.0 Å². The number of hydrazone groups is 1. The topological polar surface area (TPSA) is 45.8 Å². The summed E-state index contributed by atoms with van der Waals surface area (Å²) in [5, 5.41) is 6.84. The molecule has 28 heavy (non-hydrogen) atoms. The highest BCUT2D eigenvalue weighted by Gasteiger charge is 2.31. The van der Waals surface area contributed by atoms with E-state index in [0.29, 0.717) is 28.0 Å². The minimum absolute atomic E-state index is 0.274. The Kier molecular flexibility index (Phi) is 5.49. The lowest BCUT2D eigenvalue weighted by Crippen LogP contribution is -2.16. The van der Waals surface area contributed by atoms with Gasteiger partial charge in [0, 0.05) is 16.9 Å². The van der Waals surface area contributed by atoms with E-state index < -0.39 is 0 Å². The Morgan fingerprint density at radius 1 is 1.07 bits per heavy atom. The van der Waals surface area contributed by atoms with Gasteiger partial charge in [0.1, 0.15) is 17.6 Å². The summed E-state index contributed by atoms with van der Waals surface area (Å²) in [6.07, 6.45) is 3.36. The van der Waals surface area contributed by atoms with Gasteiger partial charge in [-0.15, -0.1) is 11.8 Å². The molecule has 1 atom stereocenters. The number of furan rings is 1. The highest BCUT2D eigenvalue weighted by Crippen LogP contribution is 2.36. The van der Waals surface area contributed by atoms with Gasteiger partial charge in [-0.05, 0) is 54.3 Å². The standard InChI is InChI=1S/C21H16Cl2N2O2S/c1-28-15-5-2-13(3-6-15)18-11-19(25(12-26)24-18)21-9-8-20(27-21)14-4-7-16(22)17(23)10-14/h2-10,12,19H,11H2,1H3. The van der Waals surface area contributed by atoms with Crippen LogP contribution in [0, 0.1) is 0 Å². The summed E-state index contributed by atoms with van der Waals surface area (Å²) in [5.74, 6) is 1.34. The van der Waals surface area contributed by atoms with Gasteiger partial charge in [-0.3, -0.25) is 4.79 Å². The molecule has 0 radical (unpaired) electrons. The van der Waals surface area contributed by atoms with Crippen molar-refractivity contribution in [1.82, 2.24) is 5.01 Å². The smallest absolute Gasteiger partial charge is 0.230 e. The maximum absolute atomic E-state index is 11.6. The molecule has 0 aliphatic carbocycles. The predicted octanol–water partition coefficient (Wildman–Crippen LogP) is 6.28. The van der Waals surface area contributed by atoms with Gasteiger partial charge in [0.05, 0.1) is 15.8 Å². The van der Waals surface area contributed by atoms with E-state index in [1.807, 2.05) is 36.6 Å². The number of rotatable bonds is 5. The monoisotopic (exact) mass is 430 g/mol. The summed E-state index contributed by atoms with van der Waals surface area (Å²) in [6.45, 7) is 0. The lowest BCUT2D eigenvalue weighted by molar-refractivity contribution is -0.120. The van der Waals surface area contributed by atoms with E-state index in [1.165, 1.54) is 9.90 Å². The van der Waals surface area contributed by atoms with Crippen molar-refractivity contribution in [2.24, 2.45) is 5.10 Å². The Labute approximate surface area is 177 Å². The van der Waals surface area contributed by atoms with Gasteiger partial charge in [0.15, 0.2) is 0 Å². The summed E-state index contributed by atoms with van der Waals surface area (Å²) >= 11 is 13.8. The predicted molar refractivity (Wildman–Crippen MR) is 114 cm³/mol. The highest BCUT2D eigenvalue weighted by molar-refractivity contribution is 7.98. The molecule has 0 saturated carbocycles. The van der Waals surface area contributed by atoms with E-state index in [9.17, 15) is 4.79 Å². The van der Waals surface area contributed by atoms with Crippen molar-refractivity contribution in [3.63, 3.8) is 0 Å². The molecule has 4 rings (SSSR count). The summed E-state index contributed by atoms with van der Waals surface area (Å²) in [7, 11) is 0. The lowest BCUT2D eigenvalue weighted by Gasteiger charge is -2.14. The Balaban J connectivity index is 1.58. The van der Waals surface area contributed by atoms with Crippen molar-refractivity contribution in [3.05, 3.63) is 76.0 Å². The number of carbonyl (C=O) groups is 1. The molecular weight excluding hydrogens is 415 g/mol. The molecule has 1 aliphatic heterocycles. The third-order valence-corrected chi connectivity index (χ3v) is 6.12. The van der Waals surface area contributed by atoms with Gasteiger partial charge in [0.2, 0.25) is 6.41 Å². The molecule has 4 nitrogen and oxygen atoms in total. The molecule has 2 aromatic carbocycles. The lowest BCUT2D eigenvalue weighted by atomic mass is 10.0. The van der Waals surface area contributed by atoms with Gasteiger partial charge in [-0.25, -0.2) is 5.01 Å². The maximum Gasteiger partial charge on any atom is 0.230 e. The first-order valence-corrected chi connectivity index (χ1v) is 10.6. The van der Waals surface area contributed by atoms with Crippen LogP contribution in [0.5, 0.6) is 0 Å². The number of nitrogens with zero attached hydrogens (tertiary/aromatic N) is 2. The molecule has 0 saturated heterocycles. The number of amides is 1. The fraction of sp³-hybridized carbons (Fsp3) is 0.143. The minimum atomic E-state index is -0.274. The van der Waals surface area contributed by atoms with Gasteiger partial charge >= 0.3 is 0 Å². The number of carbonyl (C=O) groups excluding carboxylic acids is 1. The summed E-state index contributed by atoms with van der Waals surface area (Å²) in [4.78, 5) is 12.8. The number of benzene rings is 2. The van der Waals surface area contributed by atoms with Gasteiger partial charge in [0.25, 0.3) is 0 Å². The van der Waals surface area contributed by atoms with Crippen LogP contribution in [0.25, 0.3) is 11.3 Å². The van der Waals surface area contributed by atoms with Crippen LogP contribution in [0.15, 0.2) is 69.0 Å². The Morgan fingerprint density at radius 2 is 1.82 bits per heavy atom. The number of halogens is 2. The minimum Gasteiger partial charge on any atom is -0.459 e. The van der Waals surface area contributed by atoms with E-state index in [4.69, 9.17) is 27.6 Å². The number of hydrogen-bond donors (Lipinski definition) is 0. The fourth-order valence-corrected chi connectivity index (χ4v) is 3.86. The van der Waals surface area contributed by atoms with Crippen LogP contribution in [0.4, 0.5) is 0 Å². The molecule has 1 amide bonds. The third kappa shape index (κ3) is 3.70. The van der Waals surface area contributed by atoms with Crippen LogP contribution < -0.4 is 0 Å². The van der Waals surface area contributed by atoms with Gasteiger partial charge in [-0.1, -0.05) is 35.3 Å². The van der Waals surface area contributed by atoms with Gasteiger partial charge < -0.3 is 4.42 Å². The van der Waals surface area contributed by atoms with Crippen LogP contribution in [0.3, 0.4) is 0 Å². The van der Waals surface area contributed by atoms with Crippen molar-refractivity contribution in [1.29, 1.82) is 0 Å². The molecule has 7 heteroatoms. The van der Waals surface area contributed by atoms with Crippen LogP contribution in [0.1, 0.15) is 23.8 Å². The molecule has 1 aromatic heterocycles. The quantitative estimate of drug-likeness (QED) is 0.353. The molecule has 3 aromatic rings. The second kappa shape index (κ2) is 8.03. The van der Waals surface area contributed by atoms with Crippen molar-refractivity contribution in [3.8, 4) is 11.3 Å². The maximum atomic E-state index is 11.6. The molecule has 1 aliphatic rings. The second-order valence-corrected chi connectivity index (χ2v) is 8.01. The van der Waals surface area contributed by atoms with E-state index >= 15 is 0 Å². The second-order valence-electron chi connectivity index (χ2n) is 6.31. The molecule has 2 heterocycles. The van der Waals surface area contributed by atoms with Crippen molar-refractivity contribution in [2.75, 3.05) is 6.26 Å². The third-order valence-electron chi connectivity index (χ3n) is 4.63. The van der Waals surface area contributed by atoms with Crippen LogP contribution in [-0.2, 0) is 4.79 Å². The molecule has 0 spiro atoms. The Bertz CT molecular complexity index is 1050. The first-order valence-electron chi connectivity index (χ1n) is 8.59. The van der Waals surface area contributed by atoms with Crippen LogP contribution in [-0.4, -0.2) is 23.4 Å². The zero-order valence-corrected chi connectivity index (χ0v) is 17.3. The molecule has 0 fully saturated rings. The first kappa shape index (κ1) is 19.1. The van der Waals surface area contributed by atoms with Crippen molar-refractivity contribution >= 4 is 47.1 Å². The highest BCUT2D eigenvalue weighted by atomic mass is 35.5.